The summed E-state index contributed by atoms with van der Waals surface area (Å²) in [7, 11) is -3.90. The number of aromatic amines is 1. The van der Waals surface area contributed by atoms with Gasteiger partial charge >= 0.3 is 6.18 Å². The van der Waals surface area contributed by atoms with Gasteiger partial charge in [0.25, 0.3) is 11.5 Å². The molecule has 11 heteroatoms. The fourth-order valence-corrected chi connectivity index (χ4v) is 4.08. The highest BCUT2D eigenvalue weighted by Crippen LogP contribution is 2.28. The van der Waals surface area contributed by atoms with Crippen LogP contribution < -0.4 is 15.0 Å². The van der Waals surface area contributed by atoms with E-state index in [1.54, 1.807) is 42.5 Å². The number of aromatic nitrogens is 1. The molecule has 0 bridgehead atoms. The van der Waals surface area contributed by atoms with Crippen molar-refractivity contribution < 1.29 is 31.1 Å². The molecular weight excluding hydrogens is 509 g/mol. The van der Waals surface area contributed by atoms with Gasteiger partial charge in [-0.1, -0.05) is 29.8 Å². The molecule has 1 heterocycles. The number of unbranched alkanes of at least 4 members (excludes halogenated alkanes) is 2. The normalized spacial score (nSPS) is 11.8. The molecule has 0 aliphatic rings. The van der Waals surface area contributed by atoms with Gasteiger partial charge in [-0.25, -0.2) is 13.1 Å². The third kappa shape index (κ3) is 8.49. The van der Waals surface area contributed by atoms with Crippen molar-refractivity contribution in [1.82, 2.24) is 9.71 Å². The number of hydrogen-bond donors (Lipinski definition) is 2. The number of alkyl halides is 3. The highest BCUT2D eigenvalue weighted by Gasteiger charge is 2.25. The van der Waals surface area contributed by atoms with Gasteiger partial charge in [0.1, 0.15) is 11.3 Å². The number of halogens is 3. The van der Waals surface area contributed by atoms with E-state index in [0.717, 1.165) is 11.8 Å². The Labute approximate surface area is 212 Å². The lowest BCUT2D eigenvalue weighted by Gasteiger charge is -2.13. The van der Waals surface area contributed by atoms with Crippen LogP contribution in [0.3, 0.4) is 0 Å². The summed E-state index contributed by atoms with van der Waals surface area (Å²) in [5.74, 6) is -0.519. The highest BCUT2D eigenvalue weighted by atomic mass is 32.2. The predicted octanol–water partition coefficient (Wildman–Crippen LogP) is 5.21. The number of pyridine rings is 1. The van der Waals surface area contributed by atoms with Gasteiger partial charge in [0.15, 0.2) is 0 Å². The second-order valence-corrected chi connectivity index (χ2v) is 10.4. The van der Waals surface area contributed by atoms with Crippen LogP contribution in [0.15, 0.2) is 59.4 Å². The van der Waals surface area contributed by atoms with E-state index >= 15 is 0 Å². The van der Waals surface area contributed by atoms with Crippen molar-refractivity contribution in [3.63, 3.8) is 0 Å². The minimum absolute atomic E-state index is 0.0562. The standard InChI is InChI=1S/C26H27F3N2O5S/c1-17-6-8-18(9-7-17)21-16-22(30-24(32)23(21)25(33)31-37(2,34)35)19-10-12-20(13-11-19)36-15-5-3-4-14-26(27,28)29/h6-13,16H,3-5,14-15H2,1-2H3,(H,30,32)(H,31,33). The molecule has 0 unspecified atom stereocenters. The number of sulfonamides is 1. The van der Waals surface area contributed by atoms with Crippen molar-refractivity contribution >= 4 is 15.9 Å². The monoisotopic (exact) mass is 536 g/mol. The molecule has 198 valence electrons. The molecule has 0 saturated heterocycles. The molecule has 2 aromatic carbocycles. The van der Waals surface area contributed by atoms with Crippen LogP contribution in [0.2, 0.25) is 0 Å². The van der Waals surface area contributed by atoms with Crippen molar-refractivity contribution in [2.24, 2.45) is 0 Å². The number of hydrogen-bond acceptors (Lipinski definition) is 5. The Bertz CT molecular complexity index is 1400. The number of rotatable bonds is 10. The Kier molecular flexibility index (Phi) is 8.80. The van der Waals surface area contributed by atoms with Crippen LogP contribution in [0.4, 0.5) is 13.2 Å². The molecule has 3 aromatic rings. The number of benzene rings is 2. The summed E-state index contributed by atoms with van der Waals surface area (Å²) in [5, 5.41) is 0. The zero-order valence-corrected chi connectivity index (χ0v) is 21.1. The van der Waals surface area contributed by atoms with Crippen molar-refractivity contribution in [1.29, 1.82) is 0 Å². The van der Waals surface area contributed by atoms with Gasteiger partial charge in [-0.3, -0.25) is 9.59 Å². The van der Waals surface area contributed by atoms with Gasteiger partial charge in [-0.05, 0) is 67.6 Å². The number of aryl methyl sites for hydroxylation is 1. The first-order chi connectivity index (χ1) is 17.3. The van der Waals surface area contributed by atoms with E-state index in [1.165, 1.54) is 0 Å². The largest absolute Gasteiger partial charge is 0.494 e. The van der Waals surface area contributed by atoms with Crippen LogP contribution in [0.1, 0.15) is 41.6 Å². The molecule has 7 nitrogen and oxygen atoms in total. The topological polar surface area (TPSA) is 105 Å². The molecule has 1 aromatic heterocycles. The second kappa shape index (κ2) is 11.6. The quantitative estimate of drug-likeness (QED) is 0.346. The molecular formula is C26H27F3N2O5S. The lowest BCUT2D eigenvalue weighted by atomic mass is 9.97. The first-order valence-electron chi connectivity index (χ1n) is 11.5. The zero-order valence-electron chi connectivity index (χ0n) is 20.3. The summed E-state index contributed by atoms with van der Waals surface area (Å²) >= 11 is 0. The summed E-state index contributed by atoms with van der Waals surface area (Å²) in [6.45, 7) is 2.16. The van der Waals surface area contributed by atoms with Crippen molar-refractivity contribution in [3.05, 3.63) is 76.1 Å². The lowest BCUT2D eigenvalue weighted by Crippen LogP contribution is -2.34. The molecule has 3 rings (SSSR count). The molecule has 0 saturated carbocycles. The minimum Gasteiger partial charge on any atom is -0.494 e. The SMILES string of the molecule is Cc1ccc(-c2cc(-c3ccc(OCCCCCC(F)(F)F)cc3)[nH]c(=O)c2C(=O)NS(C)(=O)=O)cc1. The maximum absolute atomic E-state index is 13.0. The molecule has 1 amide bonds. The lowest BCUT2D eigenvalue weighted by molar-refractivity contribution is -0.135. The molecule has 0 spiro atoms. The van der Waals surface area contributed by atoms with Crippen LogP contribution in [-0.4, -0.2) is 38.3 Å². The first kappa shape index (κ1) is 28.0. The summed E-state index contributed by atoms with van der Waals surface area (Å²) in [4.78, 5) is 28.3. The van der Waals surface area contributed by atoms with Gasteiger partial charge in [0, 0.05) is 17.7 Å². The fraction of sp³-hybridized carbons (Fsp3) is 0.308. The Morgan fingerprint density at radius 1 is 0.973 bits per heavy atom. The summed E-state index contributed by atoms with van der Waals surface area (Å²) in [6.07, 6.45) is -3.18. The summed E-state index contributed by atoms with van der Waals surface area (Å²) in [6, 6.07) is 15.4. The predicted molar refractivity (Wildman–Crippen MR) is 135 cm³/mol. The van der Waals surface area contributed by atoms with Gasteiger partial charge < -0.3 is 9.72 Å². The molecule has 0 aliphatic carbocycles. The van der Waals surface area contributed by atoms with Gasteiger partial charge in [-0.2, -0.15) is 13.2 Å². The maximum Gasteiger partial charge on any atom is 0.389 e. The highest BCUT2D eigenvalue weighted by molar-refractivity contribution is 7.89. The maximum atomic E-state index is 13.0. The Morgan fingerprint density at radius 3 is 2.19 bits per heavy atom. The summed E-state index contributed by atoms with van der Waals surface area (Å²) in [5.41, 5.74) is 1.71. The second-order valence-electron chi connectivity index (χ2n) is 8.67. The van der Waals surface area contributed by atoms with Gasteiger partial charge in [0.2, 0.25) is 10.0 Å². The van der Waals surface area contributed by atoms with Crippen LogP contribution in [0.25, 0.3) is 22.4 Å². The van der Waals surface area contributed by atoms with Crippen LogP contribution in [-0.2, 0) is 10.0 Å². The van der Waals surface area contributed by atoms with E-state index in [4.69, 9.17) is 4.74 Å². The van der Waals surface area contributed by atoms with Crippen molar-refractivity contribution in [2.75, 3.05) is 12.9 Å². The number of carbonyl (C=O) groups is 1. The van der Waals surface area contributed by atoms with Crippen LogP contribution in [0.5, 0.6) is 5.75 Å². The third-order valence-electron chi connectivity index (χ3n) is 5.44. The van der Waals surface area contributed by atoms with Crippen molar-refractivity contribution in [3.8, 4) is 28.1 Å². The molecule has 0 radical (unpaired) electrons. The average molecular weight is 537 g/mol. The minimum atomic E-state index is -4.15. The van der Waals surface area contributed by atoms with E-state index < -0.39 is 34.1 Å². The van der Waals surface area contributed by atoms with E-state index in [9.17, 15) is 31.2 Å². The Morgan fingerprint density at radius 2 is 1.59 bits per heavy atom. The third-order valence-corrected chi connectivity index (χ3v) is 6.00. The fourth-order valence-electron chi connectivity index (χ4n) is 3.65. The molecule has 37 heavy (non-hydrogen) atoms. The number of carbonyl (C=O) groups excluding carboxylic acids is 1. The van der Waals surface area contributed by atoms with Gasteiger partial charge in [-0.15, -0.1) is 0 Å². The number of ether oxygens (including phenoxy) is 1. The zero-order chi connectivity index (χ0) is 27.2. The van der Waals surface area contributed by atoms with E-state index in [0.29, 0.717) is 35.4 Å². The Balaban J connectivity index is 1.82. The molecule has 0 fully saturated rings. The van der Waals surface area contributed by atoms with Gasteiger partial charge in [0.05, 0.1) is 12.9 Å². The molecule has 2 N–H and O–H groups in total. The molecule has 0 atom stereocenters. The van der Waals surface area contributed by atoms with E-state index in [-0.39, 0.29) is 24.2 Å². The number of amides is 1. The smallest absolute Gasteiger partial charge is 0.389 e. The number of H-pyrrole nitrogens is 1. The number of nitrogens with one attached hydrogen (secondary N) is 2. The molecule has 0 aliphatic heterocycles. The van der Waals surface area contributed by atoms with Crippen LogP contribution in [0, 0.1) is 6.92 Å². The van der Waals surface area contributed by atoms with Crippen LogP contribution >= 0.6 is 0 Å². The van der Waals surface area contributed by atoms with Crippen molar-refractivity contribution in [2.45, 2.75) is 38.8 Å². The van der Waals surface area contributed by atoms with E-state index in [1.807, 2.05) is 23.8 Å². The average Bonchev–Trinajstić information content (AvgIpc) is 2.80. The summed E-state index contributed by atoms with van der Waals surface area (Å²) < 4.78 is 67.2. The first-order valence-corrected chi connectivity index (χ1v) is 13.4. The van der Waals surface area contributed by atoms with E-state index in [2.05, 4.69) is 4.98 Å². The Hall–Kier alpha value is -3.60.